The van der Waals surface area contributed by atoms with Gasteiger partial charge in [0, 0.05) is 0 Å². The molecule has 10 nitrogen and oxygen atoms in total. The number of hydrogen-bond acceptors (Lipinski definition) is 10. The van der Waals surface area contributed by atoms with Crippen molar-refractivity contribution in [2.75, 3.05) is 9.44 Å². The fourth-order valence-electron chi connectivity index (χ4n) is 2.11. The third-order valence-corrected chi connectivity index (χ3v) is 13.0. The molecule has 0 bridgehead atoms. The van der Waals surface area contributed by atoms with Crippen molar-refractivity contribution in [3.8, 4) is 0 Å². The maximum absolute atomic E-state index is 12.0. The molecule has 4 aromatic rings. The summed E-state index contributed by atoms with van der Waals surface area (Å²) in [4.78, 5) is 0. The Bertz CT molecular complexity index is 1470. The van der Waals surface area contributed by atoms with Crippen molar-refractivity contribution in [3.63, 3.8) is 0 Å². The molecule has 0 saturated carbocycles. The number of aryl methyl sites for hydroxylation is 2. The van der Waals surface area contributed by atoms with Crippen LogP contribution in [0.4, 0.5) is 11.8 Å². The van der Waals surface area contributed by atoms with E-state index in [9.17, 15) is 16.8 Å². The number of rotatable bonds is 6. The van der Waals surface area contributed by atoms with Crippen LogP contribution in [-0.2, 0) is 20.0 Å². The zero-order chi connectivity index (χ0) is 27.0. The van der Waals surface area contributed by atoms with Crippen LogP contribution in [0.25, 0.3) is 0 Å². The Hall–Kier alpha value is -0.560. The minimum Gasteiger partial charge on any atom is -0.336 e. The summed E-state index contributed by atoms with van der Waals surface area (Å²) in [5, 5.41) is 7.62. The van der Waals surface area contributed by atoms with E-state index in [4.69, 9.17) is 55.4 Å². The molecule has 36 heavy (non-hydrogen) atoms. The standard InChI is InChI=1S/2C8H5BrCl2N2O3S2/c2*1-3-6(9)8(16-12-3)13-18(14,15)5-2-4(10)7(11)17-5/h2*2,13H,1H3. The van der Waals surface area contributed by atoms with Crippen molar-refractivity contribution < 1.29 is 25.9 Å². The number of anilines is 2. The molecule has 4 rings (SSSR count). The van der Waals surface area contributed by atoms with Gasteiger partial charge in [0.25, 0.3) is 31.8 Å². The summed E-state index contributed by atoms with van der Waals surface area (Å²) in [5.41, 5.74) is 1.07. The van der Waals surface area contributed by atoms with Crippen LogP contribution in [-0.4, -0.2) is 27.1 Å². The number of thiophene rings is 2. The molecule has 0 amide bonds. The topological polar surface area (TPSA) is 144 Å². The fraction of sp³-hybridized carbons (Fsp3) is 0.125. The second-order valence-corrected chi connectivity index (χ2v) is 15.9. The molecule has 20 heteroatoms. The van der Waals surface area contributed by atoms with Crippen LogP contribution in [0, 0.1) is 13.8 Å². The summed E-state index contributed by atoms with van der Waals surface area (Å²) in [6.07, 6.45) is 0. The van der Waals surface area contributed by atoms with Gasteiger partial charge in [-0.3, -0.25) is 0 Å². The van der Waals surface area contributed by atoms with Crippen molar-refractivity contribution in [1.82, 2.24) is 10.3 Å². The summed E-state index contributed by atoms with van der Waals surface area (Å²) < 4.78 is 63.5. The van der Waals surface area contributed by atoms with Gasteiger partial charge in [-0.15, -0.1) is 22.7 Å². The van der Waals surface area contributed by atoms with E-state index in [1.807, 2.05) is 0 Å². The van der Waals surface area contributed by atoms with Gasteiger partial charge in [0.1, 0.15) is 26.0 Å². The van der Waals surface area contributed by atoms with E-state index in [-0.39, 0.29) is 38.9 Å². The second kappa shape index (κ2) is 11.7. The maximum atomic E-state index is 12.0. The molecule has 0 aliphatic heterocycles. The predicted octanol–water partition coefficient (Wildman–Crippen LogP) is 7.83. The largest absolute Gasteiger partial charge is 0.336 e. The Balaban J connectivity index is 0.000000201. The molecular weight excluding hydrogens is 774 g/mol. The number of hydrogen-bond donors (Lipinski definition) is 2. The van der Waals surface area contributed by atoms with E-state index in [1.54, 1.807) is 13.8 Å². The van der Waals surface area contributed by atoms with Crippen molar-refractivity contribution in [1.29, 1.82) is 0 Å². The van der Waals surface area contributed by atoms with Crippen LogP contribution in [0.5, 0.6) is 0 Å². The Kier molecular flexibility index (Phi) is 9.72. The van der Waals surface area contributed by atoms with Crippen molar-refractivity contribution in [2.45, 2.75) is 22.3 Å². The molecule has 0 fully saturated rings. The highest BCUT2D eigenvalue weighted by Gasteiger charge is 2.24. The molecule has 4 heterocycles. The minimum absolute atomic E-state index is 0.00143. The first-order valence-electron chi connectivity index (χ1n) is 8.81. The van der Waals surface area contributed by atoms with Crippen molar-refractivity contribution >= 4 is 133 Å². The maximum Gasteiger partial charge on any atom is 0.273 e. The second-order valence-electron chi connectivity index (χ2n) is 6.41. The van der Waals surface area contributed by atoms with E-state index in [0.717, 1.165) is 22.7 Å². The SMILES string of the molecule is Cc1noc(NS(=O)(=O)c2cc(Cl)c(Cl)s2)c1Br.Cc1noc(NS(=O)(=O)c2cc(Cl)c(Cl)s2)c1Br. The number of nitrogens with one attached hydrogen (secondary N) is 2. The first-order valence-corrected chi connectivity index (χ1v) is 16.5. The van der Waals surface area contributed by atoms with E-state index < -0.39 is 20.0 Å². The van der Waals surface area contributed by atoms with Crippen LogP contribution in [0.15, 0.2) is 38.5 Å². The van der Waals surface area contributed by atoms with Crippen LogP contribution < -0.4 is 9.44 Å². The summed E-state index contributed by atoms with van der Waals surface area (Å²) in [5.74, 6) is 0.0151. The smallest absolute Gasteiger partial charge is 0.273 e. The number of nitrogens with zero attached hydrogens (tertiary/aromatic N) is 2. The predicted molar refractivity (Wildman–Crippen MR) is 148 cm³/mol. The highest BCUT2D eigenvalue weighted by Crippen LogP contribution is 2.37. The molecule has 0 unspecified atom stereocenters. The summed E-state index contributed by atoms with van der Waals surface area (Å²) in [6, 6.07) is 2.54. The molecule has 0 spiro atoms. The average molecular weight is 784 g/mol. The molecule has 0 aliphatic carbocycles. The van der Waals surface area contributed by atoms with Gasteiger partial charge >= 0.3 is 0 Å². The summed E-state index contributed by atoms with van der Waals surface area (Å²) >= 11 is 30.9. The van der Waals surface area contributed by atoms with Crippen LogP contribution in [0.2, 0.25) is 18.7 Å². The van der Waals surface area contributed by atoms with Crippen LogP contribution in [0.3, 0.4) is 0 Å². The zero-order valence-corrected chi connectivity index (χ0v) is 26.9. The first kappa shape index (κ1) is 30.0. The zero-order valence-electron chi connectivity index (χ0n) is 17.4. The van der Waals surface area contributed by atoms with E-state index in [0.29, 0.717) is 20.3 Å². The molecule has 2 N–H and O–H groups in total. The molecule has 0 atom stereocenters. The fourth-order valence-corrected chi connectivity index (χ4v) is 8.61. The Labute approximate surface area is 249 Å². The van der Waals surface area contributed by atoms with Crippen LogP contribution >= 0.6 is 101 Å². The van der Waals surface area contributed by atoms with Gasteiger partial charge in [0.15, 0.2) is 0 Å². The van der Waals surface area contributed by atoms with Gasteiger partial charge in [0.2, 0.25) is 0 Å². The van der Waals surface area contributed by atoms with Gasteiger partial charge in [0.05, 0.1) is 21.4 Å². The normalized spacial score (nSPS) is 11.8. The number of sulfonamides is 2. The van der Waals surface area contributed by atoms with E-state index >= 15 is 0 Å². The molecule has 0 aliphatic rings. The molecule has 4 aromatic heterocycles. The summed E-state index contributed by atoms with van der Waals surface area (Å²) in [6.45, 7) is 3.34. The molecule has 0 aromatic carbocycles. The van der Waals surface area contributed by atoms with Gasteiger partial charge < -0.3 is 9.05 Å². The molecular formula is C16H10Br2Cl4N4O6S4. The third kappa shape index (κ3) is 6.90. The van der Waals surface area contributed by atoms with Crippen LogP contribution in [0.1, 0.15) is 11.4 Å². The quantitative estimate of drug-likeness (QED) is 0.201. The summed E-state index contributed by atoms with van der Waals surface area (Å²) in [7, 11) is -7.58. The highest BCUT2D eigenvalue weighted by molar-refractivity contribution is 9.11. The average Bonchev–Trinajstić information content (AvgIpc) is 3.51. The van der Waals surface area contributed by atoms with Crippen molar-refractivity contribution in [3.05, 3.63) is 51.2 Å². The first-order chi connectivity index (χ1) is 16.6. The van der Waals surface area contributed by atoms with Gasteiger partial charge in [-0.25, -0.2) is 26.3 Å². The van der Waals surface area contributed by atoms with Gasteiger partial charge in [-0.1, -0.05) is 56.7 Å². The molecule has 0 radical (unpaired) electrons. The number of halogens is 6. The van der Waals surface area contributed by atoms with E-state index in [2.05, 4.69) is 51.6 Å². The van der Waals surface area contributed by atoms with Gasteiger partial charge in [-0.05, 0) is 57.8 Å². The monoisotopic (exact) mass is 780 g/mol. The number of aromatic nitrogens is 2. The molecule has 0 saturated heterocycles. The minimum atomic E-state index is -3.79. The lowest BCUT2D eigenvalue weighted by Gasteiger charge is -2.01. The lowest BCUT2D eigenvalue weighted by atomic mass is 10.5. The van der Waals surface area contributed by atoms with Gasteiger partial charge in [-0.2, -0.15) is 0 Å². The lowest BCUT2D eigenvalue weighted by Crippen LogP contribution is -2.11. The third-order valence-electron chi connectivity index (χ3n) is 3.81. The Morgan fingerprint density at radius 3 is 1.31 bits per heavy atom. The lowest BCUT2D eigenvalue weighted by molar-refractivity contribution is 0.430. The Morgan fingerprint density at radius 1 is 0.750 bits per heavy atom. The van der Waals surface area contributed by atoms with Crippen molar-refractivity contribution in [2.24, 2.45) is 0 Å². The Morgan fingerprint density at radius 2 is 1.08 bits per heavy atom. The molecule has 196 valence electrons. The highest BCUT2D eigenvalue weighted by atomic mass is 79.9. The van der Waals surface area contributed by atoms with E-state index in [1.165, 1.54) is 12.1 Å².